The normalized spacial score (nSPS) is 10.8. The number of hydrogen-bond donors (Lipinski definition) is 4. The van der Waals surface area contributed by atoms with Crippen molar-refractivity contribution in [1.29, 1.82) is 0 Å². The Morgan fingerprint density at radius 1 is 0.660 bits per heavy atom. The third-order valence-corrected chi connectivity index (χ3v) is 7.14. The summed E-state index contributed by atoms with van der Waals surface area (Å²) in [6.45, 7) is 16.7. The van der Waals surface area contributed by atoms with Crippen LogP contribution < -0.4 is 11.0 Å². The Labute approximate surface area is 294 Å². The number of hydrogen-bond acceptors (Lipinski definition) is 8. The number of carbonyl (C=O) groups is 2. The second-order valence-corrected chi connectivity index (χ2v) is 12.4. The van der Waals surface area contributed by atoms with Gasteiger partial charge in [0.2, 0.25) is 5.95 Å². The Hall–Kier alpha value is -4.62. The molecule has 4 aromatic rings. The molecular formula is C38H50F2N6O4. The van der Waals surface area contributed by atoms with Crippen LogP contribution in [0.1, 0.15) is 84.5 Å². The molecule has 0 aliphatic heterocycles. The molecule has 50 heavy (non-hydrogen) atoms. The van der Waals surface area contributed by atoms with E-state index >= 15 is 0 Å². The van der Waals surface area contributed by atoms with Crippen molar-refractivity contribution in [2.45, 2.75) is 67.7 Å². The van der Waals surface area contributed by atoms with Crippen molar-refractivity contribution in [3.05, 3.63) is 130 Å². The van der Waals surface area contributed by atoms with Gasteiger partial charge in [0.25, 0.3) is 11.8 Å². The van der Waals surface area contributed by atoms with Crippen LogP contribution in [0.25, 0.3) is 0 Å². The molecule has 2 amide bonds. The number of nitrogens with zero attached hydrogens (tertiary/aromatic N) is 4. The van der Waals surface area contributed by atoms with Gasteiger partial charge in [0.1, 0.15) is 5.82 Å². The first-order valence-corrected chi connectivity index (χ1v) is 16.7. The van der Waals surface area contributed by atoms with Crippen LogP contribution in [0.15, 0.2) is 85.3 Å². The van der Waals surface area contributed by atoms with E-state index < -0.39 is 17.8 Å². The summed E-state index contributed by atoms with van der Waals surface area (Å²) in [6.07, 6.45) is 4.37. The minimum absolute atomic E-state index is 0.304. The second-order valence-electron chi connectivity index (χ2n) is 12.4. The lowest BCUT2D eigenvalue weighted by molar-refractivity contribution is 0.0702. The molecule has 10 nitrogen and oxygen atoms in total. The molecule has 0 atom stereocenters. The minimum Gasteiger partial charge on any atom is -0.295 e. The lowest BCUT2D eigenvalue weighted by Gasteiger charge is -2.24. The summed E-state index contributed by atoms with van der Waals surface area (Å²) >= 11 is 0. The quantitative estimate of drug-likeness (QED) is 0.0630. The molecule has 4 rings (SSSR count). The van der Waals surface area contributed by atoms with Crippen molar-refractivity contribution in [2.75, 3.05) is 13.1 Å². The molecule has 0 spiro atoms. The molecule has 0 fully saturated rings. The highest BCUT2D eigenvalue weighted by Gasteiger charge is 2.14. The van der Waals surface area contributed by atoms with Gasteiger partial charge in [-0.05, 0) is 64.9 Å². The van der Waals surface area contributed by atoms with Gasteiger partial charge in [-0.1, -0.05) is 71.9 Å². The van der Waals surface area contributed by atoms with Gasteiger partial charge in [-0.2, -0.15) is 4.39 Å². The van der Waals surface area contributed by atoms with E-state index in [1.807, 2.05) is 38.1 Å². The summed E-state index contributed by atoms with van der Waals surface area (Å²) in [5.41, 5.74) is 7.65. The van der Waals surface area contributed by atoms with Crippen LogP contribution in [0, 0.1) is 23.6 Å². The van der Waals surface area contributed by atoms with Crippen LogP contribution in [0.3, 0.4) is 0 Å². The summed E-state index contributed by atoms with van der Waals surface area (Å²) < 4.78 is 26.8. The summed E-state index contributed by atoms with van der Waals surface area (Å²) in [4.78, 5) is 34.6. The van der Waals surface area contributed by atoms with Crippen LogP contribution >= 0.6 is 0 Å². The maximum Gasteiger partial charge on any atom is 0.274 e. The molecule has 0 radical (unpaired) electrons. The molecule has 2 aromatic carbocycles. The van der Waals surface area contributed by atoms with Crippen molar-refractivity contribution in [1.82, 2.24) is 30.7 Å². The molecule has 2 heterocycles. The average molecular weight is 693 g/mol. The number of carbonyl (C=O) groups excluding carboxylic acids is 2. The van der Waals surface area contributed by atoms with Crippen molar-refractivity contribution >= 4 is 11.8 Å². The number of halogens is 2. The topological polar surface area (TPSA) is 131 Å². The zero-order valence-corrected chi connectivity index (χ0v) is 29.7. The van der Waals surface area contributed by atoms with E-state index in [9.17, 15) is 18.4 Å². The van der Waals surface area contributed by atoms with Gasteiger partial charge >= 0.3 is 0 Å². The first kappa shape index (κ1) is 41.6. The summed E-state index contributed by atoms with van der Waals surface area (Å²) in [5, 5.41) is 17.3. The molecule has 0 aliphatic carbocycles. The van der Waals surface area contributed by atoms with Crippen molar-refractivity contribution in [3.8, 4) is 0 Å². The summed E-state index contributed by atoms with van der Waals surface area (Å²) in [7, 11) is 0. The zero-order chi connectivity index (χ0) is 37.1. The van der Waals surface area contributed by atoms with E-state index in [2.05, 4.69) is 47.5 Å². The number of amides is 2. The van der Waals surface area contributed by atoms with E-state index in [1.165, 1.54) is 12.3 Å². The highest BCUT2D eigenvalue weighted by atomic mass is 19.1. The van der Waals surface area contributed by atoms with Gasteiger partial charge in [0.15, 0.2) is 0 Å². The van der Waals surface area contributed by atoms with Crippen molar-refractivity contribution in [3.63, 3.8) is 0 Å². The highest BCUT2D eigenvalue weighted by molar-refractivity contribution is 5.93. The molecule has 0 aliphatic rings. The molecular weight excluding hydrogens is 642 g/mol. The Balaban J connectivity index is 0.000000330. The monoisotopic (exact) mass is 692 g/mol. The van der Waals surface area contributed by atoms with Gasteiger partial charge in [-0.25, -0.2) is 20.3 Å². The molecule has 0 saturated carbocycles. The molecule has 0 unspecified atom stereocenters. The lowest BCUT2D eigenvalue weighted by Crippen LogP contribution is -2.27. The smallest absolute Gasteiger partial charge is 0.274 e. The fourth-order valence-corrected chi connectivity index (χ4v) is 5.10. The predicted molar refractivity (Wildman–Crippen MR) is 189 cm³/mol. The fourth-order valence-electron chi connectivity index (χ4n) is 5.10. The molecule has 2 aromatic heterocycles. The largest absolute Gasteiger partial charge is 0.295 e. The highest BCUT2D eigenvalue weighted by Crippen LogP contribution is 2.16. The van der Waals surface area contributed by atoms with E-state index in [0.29, 0.717) is 54.7 Å². The van der Waals surface area contributed by atoms with E-state index in [0.717, 1.165) is 29.8 Å². The van der Waals surface area contributed by atoms with Gasteiger partial charge in [-0.3, -0.25) is 34.8 Å². The SMILES string of the molecule is CC.CC(C)CN(Cc1ccc(C(=O)NO)cc1)Cc1ccc(F)nc1.CC(C)CN(Cc1ccc(C(=O)NO)cc1)Cc1ccncc1F. The maximum atomic E-state index is 13.8. The lowest BCUT2D eigenvalue weighted by atomic mass is 10.1. The standard InChI is InChI=1S/2C18H22FN3O2.C2H6/c1-13(2)10-22(12-15-5-8-17(19)20-9-15)11-14-3-6-16(7-4-14)18(23)21-24;1-13(2)10-22(12-16-7-8-20-9-17(16)19)11-14-3-5-15(6-4-14)18(23)21-24;1-2/h2*3-9,13,24H,10-12H2,1-2H3,(H,21,23);1-2H3. The van der Waals surface area contributed by atoms with Gasteiger partial charge in [0.05, 0.1) is 6.20 Å². The minimum atomic E-state index is -0.542. The maximum absolute atomic E-state index is 13.8. The van der Waals surface area contributed by atoms with Crippen LogP contribution in [0.4, 0.5) is 8.78 Å². The third-order valence-electron chi connectivity index (χ3n) is 7.14. The number of nitrogens with one attached hydrogen (secondary N) is 2. The average Bonchev–Trinajstić information content (AvgIpc) is 3.11. The van der Waals surface area contributed by atoms with Crippen LogP contribution in [-0.2, 0) is 26.2 Å². The van der Waals surface area contributed by atoms with Crippen molar-refractivity contribution in [2.24, 2.45) is 11.8 Å². The van der Waals surface area contributed by atoms with E-state index in [4.69, 9.17) is 10.4 Å². The Morgan fingerprint density at radius 3 is 1.50 bits per heavy atom. The summed E-state index contributed by atoms with van der Waals surface area (Å²) in [5.74, 6) is -0.933. The molecule has 0 saturated heterocycles. The molecule has 270 valence electrons. The number of aromatic nitrogens is 2. The number of benzene rings is 2. The van der Waals surface area contributed by atoms with Crippen LogP contribution in [0.2, 0.25) is 0 Å². The van der Waals surface area contributed by atoms with Crippen molar-refractivity contribution < 1.29 is 28.8 Å². The Bertz CT molecular complexity index is 1570. The second kappa shape index (κ2) is 22.2. The first-order chi connectivity index (χ1) is 24.0. The zero-order valence-electron chi connectivity index (χ0n) is 29.7. The van der Waals surface area contributed by atoms with E-state index in [-0.39, 0.29) is 5.82 Å². The Kier molecular flexibility index (Phi) is 18.4. The Morgan fingerprint density at radius 2 is 1.10 bits per heavy atom. The van der Waals surface area contributed by atoms with Gasteiger partial charge in [0, 0.05) is 68.4 Å². The number of hydroxylamine groups is 2. The first-order valence-electron chi connectivity index (χ1n) is 16.7. The van der Waals surface area contributed by atoms with Gasteiger partial charge < -0.3 is 0 Å². The molecule has 0 bridgehead atoms. The summed E-state index contributed by atoms with van der Waals surface area (Å²) in [6, 6.07) is 18.8. The van der Waals surface area contributed by atoms with Crippen LogP contribution in [-0.4, -0.2) is 55.1 Å². The van der Waals surface area contributed by atoms with Gasteiger partial charge in [-0.15, -0.1) is 0 Å². The fraction of sp³-hybridized carbons (Fsp3) is 0.368. The number of rotatable bonds is 14. The van der Waals surface area contributed by atoms with Crippen LogP contribution in [0.5, 0.6) is 0 Å². The van der Waals surface area contributed by atoms with E-state index in [1.54, 1.807) is 59.8 Å². The number of pyridine rings is 2. The third kappa shape index (κ3) is 14.9. The predicted octanol–water partition coefficient (Wildman–Crippen LogP) is 7.02. The molecule has 12 heteroatoms. The molecule has 4 N–H and O–H groups in total.